The van der Waals surface area contributed by atoms with Gasteiger partial charge in [0.2, 0.25) is 5.78 Å². The molecule has 0 spiro atoms. The lowest BCUT2D eigenvalue weighted by molar-refractivity contribution is -0.124. The fourth-order valence-electron chi connectivity index (χ4n) is 5.62. The zero-order valence-electron chi connectivity index (χ0n) is 22.5. The van der Waals surface area contributed by atoms with Crippen molar-refractivity contribution in [2.24, 2.45) is 0 Å². The summed E-state index contributed by atoms with van der Waals surface area (Å²) in [6.45, 7) is 3.77. The molecule has 0 amide bonds. The van der Waals surface area contributed by atoms with Crippen molar-refractivity contribution in [3.05, 3.63) is 87.6 Å². The molecule has 0 radical (unpaired) electrons. The quantitative estimate of drug-likeness (QED) is 0.304. The number of hydrogen-bond donors (Lipinski definition) is 0. The van der Waals surface area contributed by atoms with Gasteiger partial charge in [0.05, 0.1) is 23.4 Å². The summed E-state index contributed by atoms with van der Waals surface area (Å²) in [4.78, 5) is 29.9. The van der Waals surface area contributed by atoms with E-state index in [2.05, 4.69) is 23.1 Å². The summed E-state index contributed by atoms with van der Waals surface area (Å²) in [6.07, 6.45) is 6.81. The van der Waals surface area contributed by atoms with Crippen molar-refractivity contribution in [1.82, 2.24) is 19.2 Å². The third-order valence-electron chi connectivity index (χ3n) is 7.54. The highest BCUT2D eigenvalue weighted by molar-refractivity contribution is 5.76. The minimum absolute atomic E-state index is 0.000615. The van der Waals surface area contributed by atoms with Gasteiger partial charge in [-0.2, -0.15) is 15.3 Å². The smallest absolute Gasteiger partial charge is 0.259 e. The molecular formula is C31H33N5O3. The third-order valence-corrected chi connectivity index (χ3v) is 7.54. The first kappa shape index (κ1) is 26.5. The Hall–Kier alpha value is -4.09. The Kier molecular flexibility index (Phi) is 7.99. The Morgan fingerprint density at radius 2 is 1.85 bits per heavy atom. The second kappa shape index (κ2) is 11.7. The van der Waals surface area contributed by atoms with Crippen LogP contribution in [0.15, 0.2) is 59.7 Å². The van der Waals surface area contributed by atoms with Crippen LogP contribution in [0.3, 0.4) is 0 Å². The molecule has 0 aliphatic heterocycles. The van der Waals surface area contributed by atoms with Crippen molar-refractivity contribution in [2.45, 2.75) is 70.9 Å². The van der Waals surface area contributed by atoms with E-state index in [1.807, 2.05) is 57.6 Å². The molecule has 0 saturated heterocycles. The Morgan fingerprint density at radius 3 is 2.54 bits per heavy atom. The molecule has 8 heteroatoms. The highest BCUT2D eigenvalue weighted by atomic mass is 16.5. The predicted molar refractivity (Wildman–Crippen MR) is 149 cm³/mol. The maximum atomic E-state index is 14.1. The van der Waals surface area contributed by atoms with Gasteiger partial charge in [0, 0.05) is 18.0 Å². The molecule has 8 nitrogen and oxygen atoms in total. The number of carbonyl (C=O) groups is 1. The van der Waals surface area contributed by atoms with Crippen molar-refractivity contribution >= 4 is 11.6 Å². The molecule has 4 aromatic rings. The third kappa shape index (κ3) is 5.55. The van der Waals surface area contributed by atoms with Crippen LogP contribution in [0.4, 0.5) is 0 Å². The van der Waals surface area contributed by atoms with Crippen molar-refractivity contribution < 1.29 is 9.53 Å². The lowest BCUT2D eigenvalue weighted by atomic mass is 9.92. The summed E-state index contributed by atoms with van der Waals surface area (Å²) >= 11 is 0. The first-order chi connectivity index (χ1) is 19.0. The van der Waals surface area contributed by atoms with E-state index in [-0.39, 0.29) is 30.1 Å². The van der Waals surface area contributed by atoms with Gasteiger partial charge in [-0.05, 0) is 61.8 Å². The van der Waals surface area contributed by atoms with E-state index in [4.69, 9.17) is 4.74 Å². The topological polar surface area (TPSA) is 102 Å². The lowest BCUT2D eigenvalue weighted by Crippen LogP contribution is -2.35. The van der Waals surface area contributed by atoms with Crippen LogP contribution >= 0.6 is 0 Å². The first-order valence-corrected chi connectivity index (χ1v) is 13.7. The maximum absolute atomic E-state index is 14.1. The van der Waals surface area contributed by atoms with Gasteiger partial charge in [-0.15, -0.1) is 0 Å². The summed E-state index contributed by atoms with van der Waals surface area (Å²) in [7, 11) is 0. The number of nitrogens with zero attached hydrogens (tertiary/aromatic N) is 5. The van der Waals surface area contributed by atoms with E-state index in [1.54, 1.807) is 0 Å². The Bertz CT molecular complexity index is 1570. The van der Waals surface area contributed by atoms with Gasteiger partial charge in [0.25, 0.3) is 5.56 Å². The molecular weight excluding hydrogens is 490 g/mol. The number of benzene rings is 2. The molecule has 1 fully saturated rings. The summed E-state index contributed by atoms with van der Waals surface area (Å²) in [5, 5.41) is 14.0. The summed E-state index contributed by atoms with van der Waals surface area (Å²) in [6, 6.07) is 17.9. The Morgan fingerprint density at radius 1 is 1.10 bits per heavy atom. The summed E-state index contributed by atoms with van der Waals surface area (Å²) < 4.78 is 9.43. The number of aromatic nitrogens is 4. The zero-order chi connectivity index (χ0) is 27.4. The molecule has 1 saturated carbocycles. The molecule has 2 heterocycles. The van der Waals surface area contributed by atoms with Crippen LogP contribution in [0, 0.1) is 11.3 Å². The SMILES string of the molecule is CCCc1c(Cc2ccc(-c3ccccc3C#N)cc2)c(=O)n(C2CCC(OCC(C)=O)CC2)c2ncnn12. The van der Waals surface area contributed by atoms with Gasteiger partial charge in [-0.1, -0.05) is 55.8 Å². The van der Waals surface area contributed by atoms with Crippen LogP contribution in [0.2, 0.25) is 0 Å². The van der Waals surface area contributed by atoms with Crippen molar-refractivity contribution in [3.8, 4) is 17.2 Å². The molecule has 2 aromatic heterocycles. The van der Waals surface area contributed by atoms with Crippen LogP contribution in [0.5, 0.6) is 0 Å². The summed E-state index contributed by atoms with van der Waals surface area (Å²) in [5.74, 6) is 0.612. The number of hydrogen-bond acceptors (Lipinski definition) is 6. The predicted octanol–water partition coefficient (Wildman–Crippen LogP) is 5.06. The minimum Gasteiger partial charge on any atom is -0.370 e. The molecule has 200 valence electrons. The highest BCUT2D eigenvalue weighted by Gasteiger charge is 2.28. The van der Waals surface area contributed by atoms with Gasteiger partial charge >= 0.3 is 0 Å². The summed E-state index contributed by atoms with van der Waals surface area (Å²) in [5.41, 5.74) is 5.17. The second-order valence-corrected chi connectivity index (χ2v) is 10.3. The molecule has 0 unspecified atom stereocenters. The molecule has 0 bridgehead atoms. The van der Waals surface area contributed by atoms with Gasteiger partial charge in [0.15, 0.2) is 5.78 Å². The largest absolute Gasteiger partial charge is 0.370 e. The minimum atomic E-state index is -0.00837. The Balaban J connectivity index is 1.47. The highest BCUT2D eigenvalue weighted by Crippen LogP contribution is 2.31. The molecule has 5 rings (SSSR count). The maximum Gasteiger partial charge on any atom is 0.259 e. The van der Waals surface area contributed by atoms with E-state index in [0.29, 0.717) is 17.8 Å². The van der Waals surface area contributed by atoms with E-state index in [0.717, 1.165) is 66.5 Å². The number of carbonyl (C=O) groups excluding carboxylic acids is 1. The van der Waals surface area contributed by atoms with Crippen LogP contribution in [0.25, 0.3) is 16.9 Å². The fraction of sp³-hybridized carbons (Fsp3) is 0.387. The Labute approximate surface area is 227 Å². The molecule has 1 aliphatic rings. The van der Waals surface area contributed by atoms with Crippen LogP contribution in [-0.4, -0.2) is 37.7 Å². The van der Waals surface area contributed by atoms with Crippen LogP contribution in [-0.2, 0) is 22.4 Å². The van der Waals surface area contributed by atoms with Crippen molar-refractivity contribution in [2.75, 3.05) is 6.61 Å². The van der Waals surface area contributed by atoms with E-state index >= 15 is 0 Å². The average molecular weight is 524 g/mol. The second-order valence-electron chi connectivity index (χ2n) is 10.3. The number of aryl methyl sites for hydroxylation is 1. The van der Waals surface area contributed by atoms with Gasteiger partial charge < -0.3 is 4.74 Å². The normalized spacial score (nSPS) is 17.3. The van der Waals surface area contributed by atoms with Crippen molar-refractivity contribution in [3.63, 3.8) is 0 Å². The van der Waals surface area contributed by atoms with E-state index < -0.39 is 0 Å². The number of Topliss-reactive ketones (excluding diaryl/α,β-unsaturated/α-hetero) is 1. The van der Waals surface area contributed by atoms with E-state index in [1.165, 1.54) is 13.3 Å². The fourth-order valence-corrected chi connectivity index (χ4v) is 5.62. The first-order valence-electron chi connectivity index (χ1n) is 13.7. The number of rotatable bonds is 9. The molecule has 0 atom stereocenters. The zero-order valence-corrected chi connectivity index (χ0v) is 22.5. The number of ketones is 1. The monoisotopic (exact) mass is 523 g/mol. The lowest BCUT2D eigenvalue weighted by Gasteiger charge is -2.30. The van der Waals surface area contributed by atoms with Gasteiger partial charge in [0.1, 0.15) is 12.9 Å². The van der Waals surface area contributed by atoms with Gasteiger partial charge in [-0.25, -0.2) is 4.52 Å². The molecule has 39 heavy (non-hydrogen) atoms. The number of fused-ring (bicyclic) bond motifs is 1. The molecule has 0 N–H and O–H groups in total. The molecule has 2 aromatic carbocycles. The van der Waals surface area contributed by atoms with Crippen molar-refractivity contribution in [1.29, 1.82) is 5.26 Å². The number of ether oxygens (including phenoxy) is 1. The van der Waals surface area contributed by atoms with E-state index in [9.17, 15) is 14.9 Å². The van der Waals surface area contributed by atoms with Gasteiger partial charge in [-0.3, -0.25) is 14.2 Å². The molecule has 1 aliphatic carbocycles. The average Bonchev–Trinajstić information content (AvgIpc) is 3.44. The van der Waals surface area contributed by atoms with Crippen LogP contribution in [0.1, 0.15) is 74.4 Å². The number of nitriles is 1. The standard InChI is InChI=1S/C31H33N5O3/c1-3-6-29-28(17-22-9-11-23(12-10-22)27-8-5-4-7-24(27)18-32)30(38)35(31-33-20-34-36(29)31)25-13-15-26(16-14-25)39-19-21(2)37/h4-5,7-12,20,25-26H,3,6,13-17,19H2,1-2H3. The van der Waals surface area contributed by atoms with Crippen LogP contribution < -0.4 is 5.56 Å².